The second-order valence-electron chi connectivity index (χ2n) is 8.94. The molecule has 32 heavy (non-hydrogen) atoms. The largest absolute Gasteiger partial charge is 0.486 e. The molecule has 6 heteroatoms. The zero-order valence-electron chi connectivity index (χ0n) is 19.2. The van der Waals surface area contributed by atoms with Gasteiger partial charge in [0.2, 0.25) is 0 Å². The lowest BCUT2D eigenvalue weighted by molar-refractivity contribution is 0.0294. The van der Waals surface area contributed by atoms with E-state index in [0.29, 0.717) is 55.1 Å². The van der Waals surface area contributed by atoms with E-state index < -0.39 is 5.54 Å². The van der Waals surface area contributed by atoms with Gasteiger partial charge in [0.15, 0.2) is 17.3 Å². The molecule has 0 radical (unpaired) electrons. The molecule has 0 saturated heterocycles. The molecule has 2 aliphatic rings. The number of amides is 1. The minimum Gasteiger partial charge on any atom is -0.486 e. The lowest BCUT2D eigenvalue weighted by Gasteiger charge is -2.43. The van der Waals surface area contributed by atoms with Crippen molar-refractivity contribution < 1.29 is 19.1 Å². The molecule has 170 valence electrons. The van der Waals surface area contributed by atoms with Crippen LogP contribution in [0.4, 0.5) is 0 Å². The van der Waals surface area contributed by atoms with E-state index in [2.05, 4.69) is 0 Å². The molecule has 1 amide bonds. The Balaban J connectivity index is 1.75. The molecule has 1 fully saturated rings. The lowest BCUT2D eigenvalue weighted by atomic mass is 9.75. The summed E-state index contributed by atoms with van der Waals surface area (Å²) < 4.78 is 11.5. The molecule has 6 nitrogen and oxygen atoms in total. The van der Waals surface area contributed by atoms with Gasteiger partial charge in [0.25, 0.3) is 5.91 Å². The van der Waals surface area contributed by atoms with E-state index in [-0.39, 0.29) is 11.7 Å². The van der Waals surface area contributed by atoms with Crippen LogP contribution in [-0.2, 0) is 6.42 Å². The van der Waals surface area contributed by atoms with Gasteiger partial charge in [-0.05, 0) is 57.4 Å². The van der Waals surface area contributed by atoms with Crippen LogP contribution in [-0.4, -0.2) is 35.5 Å². The van der Waals surface area contributed by atoms with Crippen LogP contribution in [0.1, 0.15) is 76.4 Å². The minimum atomic E-state index is -1.05. The summed E-state index contributed by atoms with van der Waals surface area (Å²) in [4.78, 5) is 27.6. The Labute approximate surface area is 189 Å². The molecule has 4 rings (SSSR count). The maximum Gasteiger partial charge on any atom is 0.269 e. The van der Waals surface area contributed by atoms with Crippen molar-refractivity contribution in [2.45, 2.75) is 64.8 Å². The third-order valence-electron chi connectivity index (χ3n) is 6.66. The van der Waals surface area contributed by atoms with E-state index in [1.54, 1.807) is 12.1 Å². The Bertz CT molecular complexity index is 1020. The van der Waals surface area contributed by atoms with E-state index in [9.17, 15) is 9.59 Å². The fourth-order valence-electron chi connectivity index (χ4n) is 5.14. The summed E-state index contributed by atoms with van der Waals surface area (Å²) in [5.74, 6) is 7.39. The highest BCUT2D eigenvalue weighted by atomic mass is 16.6. The maximum absolute atomic E-state index is 13.9. The van der Waals surface area contributed by atoms with Crippen molar-refractivity contribution in [1.29, 1.82) is 0 Å². The molecule has 2 N–H and O–H groups in total. The fourth-order valence-corrected chi connectivity index (χ4v) is 5.14. The van der Waals surface area contributed by atoms with E-state index in [1.807, 2.05) is 39.0 Å². The first-order chi connectivity index (χ1) is 15.4. The highest BCUT2D eigenvalue weighted by molar-refractivity contribution is 6.07. The summed E-state index contributed by atoms with van der Waals surface area (Å²) in [5.41, 5.74) is 2.85. The Morgan fingerprint density at radius 1 is 1.00 bits per heavy atom. The number of fused-ring (bicyclic) bond motifs is 1. The number of nitrogens with two attached hydrogens (primary N) is 1. The van der Waals surface area contributed by atoms with Gasteiger partial charge >= 0.3 is 0 Å². The Morgan fingerprint density at radius 2 is 1.66 bits per heavy atom. The number of hydrazine groups is 1. The number of benzene rings is 2. The van der Waals surface area contributed by atoms with Crippen LogP contribution in [0.2, 0.25) is 0 Å². The molecule has 0 unspecified atom stereocenters. The lowest BCUT2D eigenvalue weighted by Crippen LogP contribution is -2.61. The monoisotopic (exact) mass is 436 g/mol. The van der Waals surface area contributed by atoms with Gasteiger partial charge in [-0.3, -0.25) is 14.6 Å². The Hall–Kier alpha value is -2.86. The van der Waals surface area contributed by atoms with Crippen LogP contribution in [0.5, 0.6) is 11.5 Å². The molecule has 2 aromatic rings. The van der Waals surface area contributed by atoms with Crippen molar-refractivity contribution in [2.75, 3.05) is 13.2 Å². The van der Waals surface area contributed by atoms with Gasteiger partial charge in [0, 0.05) is 16.7 Å². The SMILES string of the molecule is CCc1c(C(=O)N(N)C2(C(=O)c3cc(C)cc(C)c3)CCCCC2)ccc2c1OCCO2. The fraction of sp³-hybridized carbons (Fsp3) is 0.462. The number of ether oxygens (including phenoxy) is 2. The molecule has 1 aliphatic heterocycles. The van der Waals surface area contributed by atoms with Crippen molar-refractivity contribution in [3.05, 3.63) is 58.1 Å². The number of aryl methyl sites for hydroxylation is 2. The number of Topliss-reactive ketones (excluding diaryl/α,β-unsaturated/α-hetero) is 1. The number of carbonyl (C=O) groups excluding carboxylic acids is 2. The van der Waals surface area contributed by atoms with E-state index >= 15 is 0 Å². The Kier molecular flexibility index (Phi) is 6.24. The second-order valence-corrected chi connectivity index (χ2v) is 8.94. The number of carbonyl (C=O) groups is 2. The third-order valence-corrected chi connectivity index (χ3v) is 6.66. The molecule has 0 atom stereocenters. The van der Waals surface area contributed by atoms with Gasteiger partial charge in [-0.25, -0.2) is 5.84 Å². The van der Waals surface area contributed by atoms with E-state index in [0.717, 1.165) is 36.0 Å². The number of hydrogen-bond donors (Lipinski definition) is 1. The second kappa shape index (κ2) is 8.94. The van der Waals surface area contributed by atoms with Crippen molar-refractivity contribution in [2.24, 2.45) is 5.84 Å². The van der Waals surface area contributed by atoms with Gasteiger partial charge in [0.1, 0.15) is 18.8 Å². The zero-order chi connectivity index (χ0) is 22.9. The first-order valence-corrected chi connectivity index (χ1v) is 11.5. The average molecular weight is 437 g/mol. The summed E-state index contributed by atoms with van der Waals surface area (Å²) in [7, 11) is 0. The molecule has 1 aliphatic carbocycles. The van der Waals surface area contributed by atoms with Crippen LogP contribution >= 0.6 is 0 Å². The number of rotatable bonds is 5. The molecule has 0 spiro atoms. The molecule has 0 bridgehead atoms. The van der Waals surface area contributed by atoms with Gasteiger partial charge < -0.3 is 9.47 Å². The standard InChI is InChI=1S/C26H32N2O4/c1-4-20-21(8-9-22-23(20)32-13-12-31-22)25(30)28(27)26(10-6-5-7-11-26)24(29)19-15-17(2)14-18(3)16-19/h8-9,14-16H,4-7,10-13,27H2,1-3H3. The highest BCUT2D eigenvalue weighted by Gasteiger charge is 2.47. The van der Waals surface area contributed by atoms with E-state index in [1.165, 1.54) is 5.01 Å². The van der Waals surface area contributed by atoms with Crippen molar-refractivity contribution >= 4 is 11.7 Å². The predicted octanol–water partition coefficient (Wildman–Crippen LogP) is 4.54. The van der Waals surface area contributed by atoms with Gasteiger partial charge in [-0.2, -0.15) is 0 Å². The zero-order valence-corrected chi connectivity index (χ0v) is 19.2. The van der Waals surface area contributed by atoms with Crippen LogP contribution in [0.3, 0.4) is 0 Å². The van der Waals surface area contributed by atoms with Gasteiger partial charge in [-0.1, -0.05) is 43.4 Å². The molecule has 1 saturated carbocycles. The number of nitrogens with zero attached hydrogens (tertiary/aromatic N) is 1. The van der Waals surface area contributed by atoms with Gasteiger partial charge in [-0.15, -0.1) is 0 Å². The van der Waals surface area contributed by atoms with Crippen molar-refractivity contribution in [1.82, 2.24) is 5.01 Å². The van der Waals surface area contributed by atoms with E-state index in [4.69, 9.17) is 15.3 Å². The molecule has 2 aromatic carbocycles. The normalized spacial score (nSPS) is 17.0. The topological polar surface area (TPSA) is 81.9 Å². The van der Waals surface area contributed by atoms with Gasteiger partial charge in [0.05, 0.1) is 0 Å². The molecular weight excluding hydrogens is 404 g/mol. The number of hydrogen-bond acceptors (Lipinski definition) is 5. The van der Waals surface area contributed by atoms with Crippen LogP contribution < -0.4 is 15.3 Å². The smallest absolute Gasteiger partial charge is 0.269 e. The quantitative estimate of drug-likeness (QED) is 0.322. The van der Waals surface area contributed by atoms with Crippen molar-refractivity contribution in [3.8, 4) is 11.5 Å². The summed E-state index contributed by atoms with van der Waals surface area (Å²) >= 11 is 0. The average Bonchev–Trinajstić information content (AvgIpc) is 2.81. The summed E-state index contributed by atoms with van der Waals surface area (Å²) in [6.07, 6.45) is 4.48. The molecule has 1 heterocycles. The number of ketones is 1. The van der Waals surface area contributed by atoms with Crippen LogP contribution in [0.25, 0.3) is 0 Å². The summed E-state index contributed by atoms with van der Waals surface area (Å²) in [6, 6.07) is 9.33. The molecule has 0 aromatic heterocycles. The maximum atomic E-state index is 13.9. The Morgan fingerprint density at radius 3 is 2.31 bits per heavy atom. The molecular formula is C26H32N2O4. The van der Waals surface area contributed by atoms with Crippen molar-refractivity contribution in [3.63, 3.8) is 0 Å². The van der Waals surface area contributed by atoms with Crippen LogP contribution in [0, 0.1) is 13.8 Å². The summed E-state index contributed by atoms with van der Waals surface area (Å²) in [5, 5.41) is 1.22. The summed E-state index contributed by atoms with van der Waals surface area (Å²) in [6.45, 7) is 6.86. The highest BCUT2D eigenvalue weighted by Crippen LogP contribution is 2.40. The predicted molar refractivity (Wildman–Crippen MR) is 123 cm³/mol. The first kappa shape index (κ1) is 22.3. The minimum absolute atomic E-state index is 0.0737. The van der Waals surface area contributed by atoms with Crippen LogP contribution in [0.15, 0.2) is 30.3 Å². The first-order valence-electron chi connectivity index (χ1n) is 11.5. The third kappa shape index (κ3) is 3.88.